The molecule has 3 N–H and O–H groups in total. The topological polar surface area (TPSA) is 83.2 Å². The van der Waals surface area contributed by atoms with Crippen LogP contribution < -0.4 is 15.4 Å². The van der Waals surface area contributed by atoms with Crippen LogP contribution in [0.4, 0.5) is 0 Å². The number of H-pyrrole nitrogens is 1. The van der Waals surface area contributed by atoms with E-state index < -0.39 is 6.04 Å². The van der Waals surface area contributed by atoms with Crippen LogP contribution in [-0.2, 0) is 16.0 Å². The first kappa shape index (κ1) is 20.5. The number of aromatic amines is 1. The van der Waals surface area contributed by atoms with Crippen LogP contribution in [0.1, 0.15) is 25.8 Å². The van der Waals surface area contributed by atoms with E-state index in [-0.39, 0.29) is 30.9 Å². The SMILES string of the molecule is CC(C)NC(=O)[C@H](Cc1c[nH]c2ccccc12)NC(=O)CCOc1ccccc1. The third-order valence-electron chi connectivity index (χ3n) is 4.52. The normalized spacial score (nSPS) is 12.0. The third-order valence-corrected chi connectivity index (χ3v) is 4.52. The molecule has 0 fully saturated rings. The number of benzene rings is 2. The molecule has 0 radical (unpaired) electrons. The summed E-state index contributed by atoms with van der Waals surface area (Å²) in [5.41, 5.74) is 2.00. The van der Waals surface area contributed by atoms with E-state index in [9.17, 15) is 9.59 Å². The van der Waals surface area contributed by atoms with Crippen LogP contribution in [0.15, 0.2) is 60.8 Å². The van der Waals surface area contributed by atoms with Crippen molar-refractivity contribution in [2.24, 2.45) is 0 Å². The summed E-state index contributed by atoms with van der Waals surface area (Å²) in [6.07, 6.45) is 2.48. The summed E-state index contributed by atoms with van der Waals surface area (Å²) in [7, 11) is 0. The maximum absolute atomic E-state index is 12.7. The molecule has 0 saturated carbocycles. The zero-order valence-electron chi connectivity index (χ0n) is 16.8. The maximum atomic E-state index is 12.7. The minimum absolute atomic E-state index is 0.00807. The van der Waals surface area contributed by atoms with Crippen molar-refractivity contribution in [3.8, 4) is 5.75 Å². The molecule has 1 aromatic heterocycles. The highest BCUT2D eigenvalue weighted by Crippen LogP contribution is 2.19. The number of aromatic nitrogens is 1. The van der Waals surface area contributed by atoms with Gasteiger partial charge in [0.1, 0.15) is 11.8 Å². The monoisotopic (exact) mass is 393 g/mol. The number of fused-ring (bicyclic) bond motifs is 1. The molecule has 6 nitrogen and oxygen atoms in total. The highest BCUT2D eigenvalue weighted by atomic mass is 16.5. The van der Waals surface area contributed by atoms with Crippen molar-refractivity contribution in [2.45, 2.75) is 38.8 Å². The Morgan fingerprint density at radius 3 is 2.48 bits per heavy atom. The number of carbonyl (C=O) groups is 2. The van der Waals surface area contributed by atoms with Crippen LogP contribution in [0, 0.1) is 0 Å². The molecule has 0 unspecified atom stereocenters. The van der Waals surface area contributed by atoms with Gasteiger partial charge in [0.2, 0.25) is 11.8 Å². The summed E-state index contributed by atoms with van der Waals surface area (Å²) in [5, 5.41) is 6.81. The van der Waals surface area contributed by atoms with Gasteiger partial charge in [-0.25, -0.2) is 0 Å². The summed E-state index contributed by atoms with van der Waals surface area (Å²) >= 11 is 0. The molecule has 0 saturated heterocycles. The van der Waals surface area contributed by atoms with E-state index in [1.54, 1.807) is 0 Å². The van der Waals surface area contributed by atoms with Gasteiger partial charge in [0.25, 0.3) is 0 Å². The molecule has 29 heavy (non-hydrogen) atoms. The number of amides is 2. The molecule has 1 heterocycles. The molecule has 0 spiro atoms. The summed E-state index contributed by atoms with van der Waals surface area (Å²) < 4.78 is 5.58. The van der Waals surface area contributed by atoms with Crippen molar-refractivity contribution in [1.29, 1.82) is 0 Å². The van der Waals surface area contributed by atoms with Crippen LogP contribution in [0.3, 0.4) is 0 Å². The second-order valence-corrected chi connectivity index (χ2v) is 7.26. The van der Waals surface area contributed by atoms with Crippen molar-refractivity contribution in [3.63, 3.8) is 0 Å². The first-order valence-electron chi connectivity index (χ1n) is 9.85. The Morgan fingerprint density at radius 1 is 1.00 bits per heavy atom. The fraction of sp³-hybridized carbons (Fsp3) is 0.304. The van der Waals surface area contributed by atoms with Gasteiger partial charge < -0.3 is 20.4 Å². The fourth-order valence-electron chi connectivity index (χ4n) is 3.16. The summed E-state index contributed by atoms with van der Waals surface area (Å²) in [6.45, 7) is 4.05. The average molecular weight is 393 g/mol. The number of carbonyl (C=O) groups excluding carboxylic acids is 2. The zero-order valence-corrected chi connectivity index (χ0v) is 16.8. The largest absolute Gasteiger partial charge is 0.493 e. The van der Waals surface area contributed by atoms with Gasteiger partial charge in [-0.1, -0.05) is 36.4 Å². The molecule has 0 aliphatic heterocycles. The Hall–Kier alpha value is -3.28. The number of ether oxygens (including phenoxy) is 1. The molecule has 152 valence electrons. The molecule has 2 aromatic carbocycles. The van der Waals surface area contributed by atoms with Gasteiger partial charge in [0, 0.05) is 29.6 Å². The minimum atomic E-state index is -0.652. The summed E-state index contributed by atoms with van der Waals surface area (Å²) in [5.74, 6) is 0.306. The molecule has 1 atom stereocenters. The van der Waals surface area contributed by atoms with E-state index in [1.165, 1.54) is 0 Å². The molecule has 3 aromatic rings. The van der Waals surface area contributed by atoms with Crippen LogP contribution in [-0.4, -0.2) is 35.5 Å². The second-order valence-electron chi connectivity index (χ2n) is 7.26. The van der Waals surface area contributed by atoms with Crippen LogP contribution in [0.5, 0.6) is 5.75 Å². The zero-order chi connectivity index (χ0) is 20.6. The summed E-state index contributed by atoms with van der Waals surface area (Å²) in [4.78, 5) is 28.3. The molecular formula is C23H27N3O3. The van der Waals surface area contributed by atoms with E-state index in [2.05, 4.69) is 15.6 Å². The lowest BCUT2D eigenvalue weighted by molar-refractivity contribution is -0.129. The molecular weight excluding hydrogens is 366 g/mol. The van der Waals surface area contributed by atoms with Crippen LogP contribution >= 0.6 is 0 Å². The van der Waals surface area contributed by atoms with Crippen molar-refractivity contribution in [3.05, 3.63) is 66.4 Å². The summed E-state index contributed by atoms with van der Waals surface area (Å²) in [6, 6.07) is 16.6. The van der Waals surface area contributed by atoms with Crippen LogP contribution in [0.25, 0.3) is 10.9 Å². The average Bonchev–Trinajstić information content (AvgIpc) is 3.11. The molecule has 0 bridgehead atoms. The molecule has 6 heteroatoms. The molecule has 0 aliphatic rings. The highest BCUT2D eigenvalue weighted by Gasteiger charge is 2.23. The van der Waals surface area contributed by atoms with Crippen molar-refractivity contribution in [2.75, 3.05) is 6.61 Å². The number of para-hydroxylation sites is 2. The number of hydrogen-bond acceptors (Lipinski definition) is 3. The predicted molar refractivity (Wildman–Crippen MR) is 114 cm³/mol. The minimum Gasteiger partial charge on any atom is -0.493 e. The Labute approximate surface area is 170 Å². The Bertz CT molecular complexity index is 950. The van der Waals surface area contributed by atoms with E-state index in [0.717, 1.165) is 16.5 Å². The lowest BCUT2D eigenvalue weighted by Crippen LogP contribution is -2.49. The highest BCUT2D eigenvalue weighted by molar-refractivity contribution is 5.89. The van der Waals surface area contributed by atoms with Crippen LogP contribution in [0.2, 0.25) is 0 Å². The number of nitrogens with one attached hydrogen (secondary N) is 3. The van der Waals surface area contributed by atoms with E-state index in [4.69, 9.17) is 4.74 Å². The standard InChI is InChI=1S/C23H27N3O3/c1-16(2)25-23(28)21(14-17-15-24-20-11-7-6-10-19(17)20)26-22(27)12-13-29-18-8-4-3-5-9-18/h3-11,15-16,21,24H,12-14H2,1-2H3,(H,25,28)(H,26,27)/t21-/m0/s1. The third kappa shape index (κ3) is 5.85. The lowest BCUT2D eigenvalue weighted by Gasteiger charge is -2.20. The van der Waals surface area contributed by atoms with Gasteiger partial charge in [0.15, 0.2) is 0 Å². The molecule has 3 rings (SSSR count). The Balaban J connectivity index is 1.63. The van der Waals surface area contributed by atoms with Gasteiger partial charge >= 0.3 is 0 Å². The number of rotatable bonds is 9. The second kappa shape index (κ2) is 9.78. The van der Waals surface area contributed by atoms with E-state index >= 15 is 0 Å². The Kier molecular flexibility index (Phi) is 6.89. The van der Waals surface area contributed by atoms with Gasteiger partial charge in [-0.05, 0) is 37.6 Å². The molecule has 0 aliphatic carbocycles. The fourth-order valence-corrected chi connectivity index (χ4v) is 3.16. The van der Waals surface area contributed by atoms with E-state index in [0.29, 0.717) is 12.2 Å². The van der Waals surface area contributed by atoms with Gasteiger partial charge in [-0.15, -0.1) is 0 Å². The first-order chi connectivity index (χ1) is 14.0. The first-order valence-corrected chi connectivity index (χ1v) is 9.85. The van der Waals surface area contributed by atoms with Crippen molar-refractivity contribution >= 4 is 22.7 Å². The van der Waals surface area contributed by atoms with Crippen molar-refractivity contribution < 1.29 is 14.3 Å². The Morgan fingerprint density at radius 2 is 1.72 bits per heavy atom. The van der Waals surface area contributed by atoms with Crippen molar-refractivity contribution in [1.82, 2.24) is 15.6 Å². The lowest BCUT2D eigenvalue weighted by atomic mass is 10.0. The predicted octanol–water partition coefficient (Wildman–Crippen LogP) is 3.19. The smallest absolute Gasteiger partial charge is 0.243 e. The van der Waals surface area contributed by atoms with Gasteiger partial charge in [-0.3, -0.25) is 9.59 Å². The maximum Gasteiger partial charge on any atom is 0.243 e. The van der Waals surface area contributed by atoms with Gasteiger partial charge in [0.05, 0.1) is 13.0 Å². The van der Waals surface area contributed by atoms with Gasteiger partial charge in [-0.2, -0.15) is 0 Å². The number of hydrogen-bond donors (Lipinski definition) is 3. The van der Waals surface area contributed by atoms with E-state index in [1.807, 2.05) is 74.6 Å². The molecule has 2 amide bonds. The quantitative estimate of drug-likeness (QED) is 0.522.